The molecule has 4 aromatic carbocycles. The number of anilines is 1. The van der Waals surface area contributed by atoms with E-state index in [9.17, 15) is 4.79 Å². The summed E-state index contributed by atoms with van der Waals surface area (Å²) in [5, 5.41) is 0.602. The fourth-order valence-corrected chi connectivity index (χ4v) is 5.50. The summed E-state index contributed by atoms with van der Waals surface area (Å²) < 4.78 is 12.8. The van der Waals surface area contributed by atoms with Gasteiger partial charge < -0.3 is 9.47 Å². The number of rotatable bonds is 8. The molecule has 1 aliphatic rings. The molecule has 0 radical (unpaired) electrons. The van der Waals surface area contributed by atoms with Crippen LogP contribution >= 0.6 is 27.7 Å². The van der Waals surface area contributed by atoms with Crippen LogP contribution in [0.1, 0.15) is 18.1 Å². The van der Waals surface area contributed by atoms with E-state index in [0.29, 0.717) is 34.8 Å². The Kier molecular flexibility index (Phi) is 8.26. The van der Waals surface area contributed by atoms with E-state index < -0.39 is 0 Å². The predicted molar refractivity (Wildman–Crippen MR) is 159 cm³/mol. The van der Waals surface area contributed by atoms with Gasteiger partial charge in [0.2, 0.25) is 0 Å². The average Bonchev–Trinajstić information content (AvgIpc) is 3.24. The number of hydrogen-bond acceptors (Lipinski definition) is 5. The molecule has 0 N–H and O–H groups in total. The van der Waals surface area contributed by atoms with Crippen molar-refractivity contribution < 1.29 is 14.3 Å². The largest absolute Gasteiger partial charge is 0.490 e. The summed E-state index contributed by atoms with van der Waals surface area (Å²) in [6, 6.07) is 33.0. The van der Waals surface area contributed by atoms with Crippen LogP contribution in [-0.4, -0.2) is 17.7 Å². The maximum atomic E-state index is 13.6. The molecule has 1 aliphatic heterocycles. The van der Waals surface area contributed by atoms with Crippen molar-refractivity contribution in [3.05, 3.63) is 124 Å². The normalized spacial score (nSPS) is 15.3. The fourth-order valence-electron chi connectivity index (χ4n) is 3.92. The highest BCUT2D eigenvalue weighted by Crippen LogP contribution is 2.41. The second kappa shape index (κ2) is 12.2. The van der Waals surface area contributed by atoms with Crippen molar-refractivity contribution in [2.45, 2.75) is 13.5 Å². The molecule has 0 unspecified atom stereocenters. The maximum Gasteiger partial charge on any atom is 0.271 e. The molecule has 1 fully saturated rings. The first-order valence-electron chi connectivity index (χ1n) is 12.2. The van der Waals surface area contributed by atoms with Gasteiger partial charge in [-0.05, 0) is 88.2 Å². The van der Waals surface area contributed by atoms with Crippen LogP contribution in [0.4, 0.5) is 11.4 Å². The van der Waals surface area contributed by atoms with E-state index in [1.165, 1.54) is 11.8 Å². The Morgan fingerprint density at radius 3 is 2.24 bits per heavy atom. The van der Waals surface area contributed by atoms with Crippen molar-refractivity contribution in [3.8, 4) is 11.5 Å². The van der Waals surface area contributed by atoms with Crippen molar-refractivity contribution in [2.24, 2.45) is 4.99 Å². The van der Waals surface area contributed by atoms with Crippen molar-refractivity contribution in [2.75, 3.05) is 11.5 Å². The molecular formula is C31H25BrN2O3S. The lowest BCUT2D eigenvalue weighted by Gasteiger charge is -2.15. The Morgan fingerprint density at radius 1 is 0.895 bits per heavy atom. The summed E-state index contributed by atoms with van der Waals surface area (Å²) >= 11 is 5.00. The lowest BCUT2D eigenvalue weighted by atomic mass is 10.1. The number of nitrogens with zero attached hydrogens (tertiary/aromatic N) is 2. The molecular weight excluding hydrogens is 560 g/mol. The van der Waals surface area contributed by atoms with Crippen molar-refractivity contribution in [1.29, 1.82) is 0 Å². The monoisotopic (exact) mass is 584 g/mol. The number of amides is 1. The van der Waals surface area contributed by atoms with E-state index in [-0.39, 0.29) is 5.91 Å². The fraction of sp³-hybridized carbons (Fsp3) is 0.0968. The smallest absolute Gasteiger partial charge is 0.271 e. The van der Waals surface area contributed by atoms with Gasteiger partial charge in [-0.2, -0.15) is 0 Å². The van der Waals surface area contributed by atoms with Gasteiger partial charge >= 0.3 is 0 Å². The Morgan fingerprint density at radius 2 is 1.55 bits per heavy atom. The molecule has 0 spiro atoms. The van der Waals surface area contributed by atoms with Gasteiger partial charge in [0.25, 0.3) is 5.91 Å². The molecule has 5 rings (SSSR count). The van der Waals surface area contributed by atoms with Crippen LogP contribution in [0.25, 0.3) is 6.08 Å². The van der Waals surface area contributed by atoms with Crippen LogP contribution < -0.4 is 14.4 Å². The summed E-state index contributed by atoms with van der Waals surface area (Å²) in [4.78, 5) is 20.6. The molecule has 38 heavy (non-hydrogen) atoms. The summed E-state index contributed by atoms with van der Waals surface area (Å²) in [5.41, 5.74) is 3.43. The molecule has 1 saturated heterocycles. The highest BCUT2D eigenvalue weighted by Gasteiger charge is 2.34. The molecule has 1 amide bonds. The number of ether oxygens (including phenoxy) is 2. The third-order valence-electron chi connectivity index (χ3n) is 5.66. The molecule has 0 saturated carbocycles. The molecule has 7 heteroatoms. The zero-order chi connectivity index (χ0) is 26.3. The molecule has 0 aromatic heterocycles. The first-order chi connectivity index (χ1) is 18.6. The minimum Gasteiger partial charge on any atom is -0.490 e. The van der Waals surface area contributed by atoms with Gasteiger partial charge in [0.1, 0.15) is 6.61 Å². The molecule has 4 aromatic rings. The second-order valence-corrected chi connectivity index (χ2v) is 10.2. The van der Waals surface area contributed by atoms with Crippen LogP contribution in [-0.2, 0) is 11.4 Å². The van der Waals surface area contributed by atoms with Gasteiger partial charge in [-0.1, -0.05) is 66.7 Å². The van der Waals surface area contributed by atoms with Gasteiger partial charge in [-0.3, -0.25) is 9.69 Å². The molecule has 5 nitrogen and oxygen atoms in total. The quantitative estimate of drug-likeness (QED) is 0.196. The number of halogens is 1. The minimum atomic E-state index is -0.130. The Labute approximate surface area is 234 Å². The van der Waals surface area contributed by atoms with Crippen LogP contribution in [0, 0.1) is 0 Å². The topological polar surface area (TPSA) is 51.1 Å². The maximum absolute atomic E-state index is 13.6. The number of hydrogen-bond donors (Lipinski definition) is 0. The van der Waals surface area contributed by atoms with Gasteiger partial charge in [-0.15, -0.1) is 0 Å². The standard InChI is InChI=1S/C31H25BrN2O3S/c1-2-36-27-19-23(18-26(32)29(27)37-21-22-12-6-3-7-13-22)20-28-30(35)34(25-16-10-5-11-17-25)31(38-28)33-24-14-8-4-9-15-24/h3-20H,2,21H2,1H3/b28-20-,33-31?. The van der Waals surface area contributed by atoms with E-state index in [1.54, 1.807) is 4.90 Å². The van der Waals surface area contributed by atoms with E-state index in [1.807, 2.05) is 116 Å². The van der Waals surface area contributed by atoms with Crippen molar-refractivity contribution in [3.63, 3.8) is 0 Å². The first-order valence-corrected chi connectivity index (χ1v) is 13.8. The van der Waals surface area contributed by atoms with Crippen LogP contribution in [0.2, 0.25) is 0 Å². The number of carbonyl (C=O) groups excluding carboxylic acids is 1. The zero-order valence-corrected chi connectivity index (χ0v) is 23.1. The van der Waals surface area contributed by atoms with Gasteiger partial charge in [0, 0.05) is 0 Å². The molecule has 1 heterocycles. The summed E-state index contributed by atoms with van der Waals surface area (Å²) in [7, 11) is 0. The Bertz CT molecular complexity index is 1480. The van der Waals surface area contributed by atoms with Gasteiger partial charge in [0.05, 0.1) is 27.4 Å². The summed E-state index contributed by atoms with van der Waals surface area (Å²) in [6.45, 7) is 2.83. The van der Waals surface area contributed by atoms with Crippen molar-refractivity contribution in [1.82, 2.24) is 0 Å². The third kappa shape index (κ3) is 6.01. The molecule has 0 bridgehead atoms. The van der Waals surface area contributed by atoms with Gasteiger partial charge in [0.15, 0.2) is 16.7 Å². The number of aliphatic imine (C=N–C) groups is 1. The minimum absolute atomic E-state index is 0.130. The lowest BCUT2D eigenvalue weighted by Crippen LogP contribution is -2.28. The highest BCUT2D eigenvalue weighted by molar-refractivity contribution is 9.10. The van der Waals surface area contributed by atoms with Crippen LogP contribution in [0.15, 0.2) is 117 Å². The van der Waals surface area contributed by atoms with E-state index in [4.69, 9.17) is 14.5 Å². The zero-order valence-electron chi connectivity index (χ0n) is 20.7. The van der Waals surface area contributed by atoms with E-state index in [2.05, 4.69) is 15.9 Å². The lowest BCUT2D eigenvalue weighted by molar-refractivity contribution is -0.113. The second-order valence-electron chi connectivity index (χ2n) is 8.35. The molecule has 0 atom stereocenters. The number of carbonyl (C=O) groups is 1. The van der Waals surface area contributed by atoms with Gasteiger partial charge in [-0.25, -0.2) is 4.99 Å². The number of amidine groups is 1. The third-order valence-corrected chi connectivity index (χ3v) is 7.22. The highest BCUT2D eigenvalue weighted by atomic mass is 79.9. The Balaban J connectivity index is 1.48. The number of para-hydroxylation sites is 2. The number of thioether (sulfide) groups is 1. The first kappa shape index (κ1) is 25.8. The summed E-state index contributed by atoms with van der Waals surface area (Å²) in [5.74, 6) is 1.10. The van der Waals surface area contributed by atoms with Crippen molar-refractivity contribution >= 4 is 56.2 Å². The van der Waals surface area contributed by atoms with Crippen LogP contribution in [0.3, 0.4) is 0 Å². The average molecular weight is 586 g/mol. The molecule has 190 valence electrons. The van der Waals surface area contributed by atoms with E-state index >= 15 is 0 Å². The van der Waals surface area contributed by atoms with Crippen LogP contribution in [0.5, 0.6) is 11.5 Å². The SMILES string of the molecule is CCOc1cc(/C=C2\SC(=Nc3ccccc3)N(c3ccccc3)C2=O)cc(Br)c1OCc1ccccc1. The summed E-state index contributed by atoms with van der Waals surface area (Å²) in [6.07, 6.45) is 1.87. The predicted octanol–water partition coefficient (Wildman–Crippen LogP) is 8.24. The Hall–Kier alpha value is -3.81. The van der Waals surface area contributed by atoms with E-state index in [0.717, 1.165) is 27.0 Å². The molecule has 0 aliphatic carbocycles. The number of benzene rings is 4.